The highest BCUT2D eigenvalue weighted by Crippen LogP contribution is 2.59. The number of carbonyl (C=O) groups is 1. The Morgan fingerprint density at radius 2 is 1.66 bits per heavy atom. The van der Waals surface area contributed by atoms with Crippen LogP contribution >= 0.6 is 0 Å². The third kappa shape index (κ3) is 2.96. The number of benzene rings is 2. The number of carbonyl (C=O) groups excluding carboxylic acids is 1. The van der Waals surface area contributed by atoms with E-state index in [1.54, 1.807) is 12.1 Å². The molecule has 3 atom stereocenters. The van der Waals surface area contributed by atoms with Gasteiger partial charge in [-0.05, 0) is 48.6 Å². The minimum absolute atomic E-state index is 0.281. The van der Waals surface area contributed by atoms with Gasteiger partial charge in [0.05, 0.1) is 11.2 Å². The molecule has 0 radical (unpaired) electrons. The summed E-state index contributed by atoms with van der Waals surface area (Å²) in [4.78, 5) is 27.4. The van der Waals surface area contributed by atoms with Gasteiger partial charge in [-0.2, -0.15) is 8.78 Å². The summed E-state index contributed by atoms with van der Waals surface area (Å²) in [5.41, 5.74) is 5.20. The van der Waals surface area contributed by atoms with Crippen molar-refractivity contribution in [2.75, 3.05) is 5.73 Å². The Balaban J connectivity index is 1.53. The van der Waals surface area contributed by atoms with Gasteiger partial charge in [0, 0.05) is 5.39 Å². The number of hydrogen-bond donors (Lipinski definition) is 2. The monoisotopic (exact) mass is 450 g/mol. The lowest BCUT2D eigenvalue weighted by Crippen LogP contribution is -2.25. The van der Waals surface area contributed by atoms with Crippen LogP contribution in [0.3, 0.4) is 0 Å². The highest BCUT2D eigenvalue weighted by Gasteiger charge is 2.48. The number of fused-ring (bicyclic) bond motifs is 2. The molecule has 2 fully saturated rings. The van der Waals surface area contributed by atoms with Crippen molar-refractivity contribution in [3.8, 4) is 5.75 Å². The molecule has 2 saturated carbocycles. The second-order valence-electron chi connectivity index (χ2n) is 8.18. The van der Waals surface area contributed by atoms with Crippen LogP contribution in [-0.4, -0.2) is 11.0 Å². The molecule has 3 unspecified atom stereocenters. The predicted octanol–water partition coefficient (Wildman–Crippen LogP) is 4.54. The number of aromatic amines is 1. The van der Waals surface area contributed by atoms with Crippen LogP contribution in [0.1, 0.15) is 41.1 Å². The lowest BCUT2D eigenvalue weighted by molar-refractivity contribution is 0.0715. The minimum Gasteiger partial charge on any atom is -0.416 e. The largest absolute Gasteiger partial charge is 0.416 e. The minimum atomic E-state index is -2.40. The van der Waals surface area contributed by atoms with Crippen LogP contribution < -0.4 is 16.0 Å². The van der Waals surface area contributed by atoms with Crippen LogP contribution in [0.15, 0.2) is 23.0 Å². The van der Waals surface area contributed by atoms with Crippen LogP contribution in [0.2, 0.25) is 0 Å². The van der Waals surface area contributed by atoms with E-state index in [0.717, 1.165) is 24.3 Å². The molecule has 0 aliphatic heterocycles. The van der Waals surface area contributed by atoms with Crippen molar-refractivity contribution in [1.82, 2.24) is 4.98 Å². The summed E-state index contributed by atoms with van der Waals surface area (Å²) in [7, 11) is 0. The van der Waals surface area contributed by atoms with Crippen molar-refractivity contribution < 1.29 is 31.5 Å². The normalized spacial score (nSPS) is 21.6. The molecule has 32 heavy (non-hydrogen) atoms. The number of hydrogen-bond acceptors (Lipinski definition) is 4. The number of halogens is 5. The van der Waals surface area contributed by atoms with E-state index in [4.69, 9.17) is 5.73 Å². The van der Waals surface area contributed by atoms with Crippen molar-refractivity contribution >= 4 is 22.6 Å². The summed E-state index contributed by atoms with van der Waals surface area (Å²) in [6, 6.07) is 5.22. The highest BCUT2D eigenvalue weighted by atomic mass is 19.2. The van der Waals surface area contributed by atoms with Crippen molar-refractivity contribution in [2.24, 2.45) is 11.8 Å². The number of rotatable bonds is 3. The summed E-state index contributed by atoms with van der Waals surface area (Å²) in [6.45, 7) is 0. The number of ether oxygens (including phenoxy) is 1. The van der Waals surface area contributed by atoms with Crippen molar-refractivity contribution in [2.45, 2.75) is 25.2 Å². The number of esters is 1. The summed E-state index contributed by atoms with van der Waals surface area (Å²) >= 11 is 0. The molecule has 3 N–H and O–H groups in total. The first-order chi connectivity index (χ1) is 15.2. The van der Waals surface area contributed by atoms with E-state index in [0.29, 0.717) is 17.4 Å². The van der Waals surface area contributed by atoms with Crippen LogP contribution in [0, 0.1) is 40.9 Å². The molecule has 1 aromatic heterocycles. The standard InChI is InChI=1S/C22H15F5N2O3/c23-14-15(24)17(26)20(18(27)16(14)25)32-22(31)13-19(28)10-4-2-8(6-12(10)29-21(13)30)9-3-1-7-5-11(7)9/h2,4,6-7,9,11H,1,3,5H2,(H3,28,29,30). The molecule has 0 amide bonds. The van der Waals surface area contributed by atoms with Gasteiger partial charge in [0.15, 0.2) is 0 Å². The predicted molar refractivity (Wildman–Crippen MR) is 104 cm³/mol. The Hall–Kier alpha value is -3.43. The van der Waals surface area contributed by atoms with E-state index >= 15 is 0 Å². The smallest absolute Gasteiger partial charge is 0.351 e. The maximum atomic E-state index is 13.8. The Morgan fingerprint density at radius 1 is 1.00 bits per heavy atom. The zero-order valence-corrected chi connectivity index (χ0v) is 16.3. The van der Waals surface area contributed by atoms with Crippen LogP contribution in [0.5, 0.6) is 5.75 Å². The van der Waals surface area contributed by atoms with Gasteiger partial charge in [0.25, 0.3) is 5.56 Å². The molecule has 0 saturated heterocycles. The van der Waals surface area contributed by atoms with E-state index in [2.05, 4.69) is 9.72 Å². The van der Waals surface area contributed by atoms with Gasteiger partial charge in [0.1, 0.15) is 5.56 Å². The lowest BCUT2D eigenvalue weighted by Gasteiger charge is -2.14. The van der Waals surface area contributed by atoms with Crippen molar-refractivity contribution in [3.05, 3.63) is 68.8 Å². The molecular formula is C22H15F5N2O3. The van der Waals surface area contributed by atoms with E-state index in [1.807, 2.05) is 6.07 Å². The number of nitrogen functional groups attached to an aromatic ring is 1. The molecule has 166 valence electrons. The molecule has 3 aromatic rings. The van der Waals surface area contributed by atoms with Crippen LogP contribution in [0.4, 0.5) is 27.6 Å². The summed E-state index contributed by atoms with van der Waals surface area (Å²) in [5.74, 6) is -13.4. The zero-order chi connectivity index (χ0) is 22.9. The molecule has 2 aliphatic carbocycles. The first kappa shape index (κ1) is 20.5. The van der Waals surface area contributed by atoms with E-state index in [1.165, 1.54) is 6.42 Å². The first-order valence-electron chi connectivity index (χ1n) is 9.88. The Kier molecular flexibility index (Phi) is 4.51. The van der Waals surface area contributed by atoms with Crippen LogP contribution in [0.25, 0.3) is 10.9 Å². The summed E-state index contributed by atoms with van der Waals surface area (Å²) in [5, 5.41) is 0.281. The summed E-state index contributed by atoms with van der Waals surface area (Å²) in [6.07, 6.45) is 3.39. The fourth-order valence-corrected chi connectivity index (χ4v) is 4.71. The molecular weight excluding hydrogens is 435 g/mol. The van der Waals surface area contributed by atoms with Crippen molar-refractivity contribution in [3.63, 3.8) is 0 Å². The maximum Gasteiger partial charge on any atom is 0.351 e. The third-order valence-corrected chi connectivity index (χ3v) is 6.42. The number of aromatic nitrogens is 1. The fraction of sp³-hybridized carbons (Fsp3) is 0.273. The van der Waals surface area contributed by atoms with Gasteiger partial charge >= 0.3 is 5.97 Å². The molecule has 5 rings (SSSR count). The molecule has 2 aliphatic rings. The zero-order valence-electron chi connectivity index (χ0n) is 16.3. The third-order valence-electron chi connectivity index (χ3n) is 6.42. The molecule has 0 spiro atoms. The average molecular weight is 450 g/mol. The second kappa shape index (κ2) is 7.04. The molecule has 10 heteroatoms. The molecule has 2 aromatic carbocycles. The Labute approximate surface area is 177 Å². The highest BCUT2D eigenvalue weighted by molar-refractivity contribution is 6.04. The average Bonchev–Trinajstić information content (AvgIpc) is 3.42. The van der Waals surface area contributed by atoms with Gasteiger partial charge in [0.2, 0.25) is 34.8 Å². The number of nitrogens with one attached hydrogen (secondary N) is 1. The molecule has 5 nitrogen and oxygen atoms in total. The summed E-state index contributed by atoms with van der Waals surface area (Å²) < 4.78 is 72.0. The topological polar surface area (TPSA) is 85.2 Å². The van der Waals surface area contributed by atoms with Gasteiger partial charge in [-0.3, -0.25) is 4.79 Å². The Morgan fingerprint density at radius 3 is 2.25 bits per heavy atom. The Bertz CT molecular complexity index is 1340. The van der Waals surface area contributed by atoms with E-state index in [9.17, 15) is 31.5 Å². The number of nitrogens with two attached hydrogens (primary N) is 1. The van der Waals surface area contributed by atoms with Gasteiger partial charge < -0.3 is 15.5 Å². The second-order valence-corrected chi connectivity index (χ2v) is 8.18. The lowest BCUT2D eigenvalue weighted by atomic mass is 9.93. The number of anilines is 1. The van der Waals surface area contributed by atoms with Crippen molar-refractivity contribution in [1.29, 1.82) is 0 Å². The van der Waals surface area contributed by atoms with E-state index < -0.39 is 51.9 Å². The molecule has 1 heterocycles. The first-order valence-corrected chi connectivity index (χ1v) is 9.88. The maximum absolute atomic E-state index is 13.8. The SMILES string of the molecule is Nc1c(C(=O)Oc2c(F)c(F)c(F)c(F)c2F)c(=O)[nH]c2cc(C3CCC4CC43)ccc12. The number of H-pyrrole nitrogens is 1. The number of pyridine rings is 1. The van der Waals surface area contributed by atoms with Gasteiger partial charge in [-0.1, -0.05) is 12.1 Å². The fourth-order valence-electron chi connectivity index (χ4n) is 4.71. The van der Waals surface area contributed by atoms with E-state index in [-0.39, 0.29) is 11.1 Å². The quantitative estimate of drug-likeness (QED) is 0.202. The van der Waals surface area contributed by atoms with Gasteiger partial charge in [-0.25, -0.2) is 18.0 Å². The van der Waals surface area contributed by atoms with Gasteiger partial charge in [-0.15, -0.1) is 0 Å². The molecule has 0 bridgehead atoms. The van der Waals surface area contributed by atoms with Crippen LogP contribution in [-0.2, 0) is 0 Å².